The molecule has 90 valence electrons. The van der Waals surface area contributed by atoms with E-state index in [0.29, 0.717) is 0 Å². The number of carbonyl (C=O) groups is 1. The molecule has 0 unspecified atom stereocenters. The minimum Gasteiger partial charge on any atom is -0.299 e. The van der Waals surface area contributed by atoms with Crippen LogP contribution in [0, 0.1) is 24.0 Å². The normalized spacial score (nSPS) is 10.0. The third kappa shape index (κ3) is 3.91. The van der Waals surface area contributed by atoms with Crippen molar-refractivity contribution in [3.05, 3.63) is 33.8 Å². The van der Waals surface area contributed by atoms with Gasteiger partial charge in [-0.2, -0.15) is 0 Å². The zero-order valence-corrected chi connectivity index (χ0v) is 10.5. The van der Waals surface area contributed by atoms with Gasteiger partial charge in [-0.1, -0.05) is 5.92 Å². The minimum atomic E-state index is -0.740. The van der Waals surface area contributed by atoms with Gasteiger partial charge in [0, 0.05) is 12.0 Å². The van der Waals surface area contributed by atoms with Gasteiger partial charge in [0.1, 0.15) is 11.6 Å². The van der Waals surface area contributed by atoms with Crippen molar-refractivity contribution >= 4 is 21.7 Å². The van der Waals surface area contributed by atoms with Crippen LogP contribution in [0.5, 0.6) is 0 Å². The Balaban J connectivity index is 2.72. The largest absolute Gasteiger partial charge is 0.299 e. The van der Waals surface area contributed by atoms with E-state index in [2.05, 4.69) is 27.2 Å². The van der Waals surface area contributed by atoms with Gasteiger partial charge in [0.2, 0.25) is 0 Å². The van der Waals surface area contributed by atoms with Crippen molar-refractivity contribution < 1.29 is 13.6 Å². The highest BCUT2D eigenvalue weighted by Crippen LogP contribution is 2.21. The molecule has 5 heteroatoms. The van der Waals surface area contributed by atoms with E-state index in [-0.39, 0.29) is 35.3 Å². The molecule has 0 fully saturated rings. The van der Waals surface area contributed by atoms with E-state index in [0.717, 1.165) is 6.07 Å². The molecule has 1 aromatic rings. The minimum absolute atomic E-state index is 0.00437. The summed E-state index contributed by atoms with van der Waals surface area (Å²) in [5, 5.41) is 2.67. The van der Waals surface area contributed by atoms with Crippen molar-refractivity contribution in [1.29, 1.82) is 0 Å². The summed E-state index contributed by atoms with van der Waals surface area (Å²) in [5.41, 5.74) is -0.230. The Labute approximate surface area is 107 Å². The Morgan fingerprint density at radius 3 is 2.82 bits per heavy atom. The molecule has 0 aromatic heterocycles. The Bertz CT molecular complexity index is 468. The summed E-state index contributed by atoms with van der Waals surface area (Å²) >= 11 is 2.94. The number of halogens is 3. The van der Waals surface area contributed by atoms with Gasteiger partial charge >= 0.3 is 0 Å². The van der Waals surface area contributed by atoms with Crippen LogP contribution in [-0.2, 0) is 11.2 Å². The molecule has 0 aliphatic carbocycles. The summed E-state index contributed by atoms with van der Waals surface area (Å²) in [6.07, 6.45) is 4.69. The van der Waals surface area contributed by atoms with Crippen LogP contribution in [0.4, 0.5) is 8.78 Å². The second-order valence-corrected chi connectivity index (χ2v) is 4.20. The first-order valence-corrected chi connectivity index (χ1v) is 5.63. The molecule has 0 saturated heterocycles. The van der Waals surface area contributed by atoms with Crippen LogP contribution >= 0.6 is 15.9 Å². The third-order valence-corrected chi connectivity index (χ3v) is 2.67. The van der Waals surface area contributed by atoms with Crippen molar-refractivity contribution in [2.24, 2.45) is 0 Å². The molecule has 0 spiro atoms. The summed E-state index contributed by atoms with van der Waals surface area (Å²) in [7, 11) is 0. The highest BCUT2D eigenvalue weighted by molar-refractivity contribution is 9.10. The maximum atomic E-state index is 13.5. The lowest BCUT2D eigenvalue weighted by atomic mass is 10.1. The molecule has 0 atom stereocenters. The molecule has 1 rings (SSSR count). The van der Waals surface area contributed by atoms with Crippen LogP contribution < -0.4 is 5.32 Å². The van der Waals surface area contributed by atoms with Gasteiger partial charge < -0.3 is 0 Å². The Morgan fingerprint density at radius 2 is 2.18 bits per heavy atom. The number of terminal acetylenes is 1. The van der Waals surface area contributed by atoms with Gasteiger partial charge in [0.15, 0.2) is 5.78 Å². The van der Waals surface area contributed by atoms with Gasteiger partial charge in [-0.25, -0.2) is 8.78 Å². The Kier molecular flexibility index (Phi) is 5.26. The molecule has 1 N–H and O–H groups in total. The first-order chi connectivity index (χ1) is 8.06. The van der Waals surface area contributed by atoms with Gasteiger partial charge in [0.05, 0.1) is 17.6 Å². The Hall–Kier alpha value is -1.25. The lowest BCUT2D eigenvalue weighted by molar-refractivity contribution is -0.117. The van der Waals surface area contributed by atoms with Gasteiger partial charge in [0.25, 0.3) is 0 Å². The number of hydrogen-bond donors (Lipinski definition) is 1. The summed E-state index contributed by atoms with van der Waals surface area (Å²) in [5.74, 6) is 0.510. The number of ketones is 1. The van der Waals surface area contributed by atoms with Crippen LogP contribution in [0.1, 0.15) is 5.56 Å². The van der Waals surface area contributed by atoms with Crippen LogP contribution in [0.25, 0.3) is 0 Å². The predicted octanol–water partition coefficient (Wildman–Crippen LogP) is 2.06. The average molecular weight is 302 g/mol. The fourth-order valence-corrected chi connectivity index (χ4v) is 1.64. The van der Waals surface area contributed by atoms with Gasteiger partial charge in [-0.15, -0.1) is 6.42 Å². The number of benzene rings is 1. The monoisotopic (exact) mass is 301 g/mol. The molecule has 0 radical (unpaired) electrons. The SMILES string of the molecule is C#CCNCC(=O)Cc1c(F)ccc(Br)c1F. The molecule has 0 aliphatic heterocycles. The van der Waals surface area contributed by atoms with Crippen molar-refractivity contribution in [3.63, 3.8) is 0 Å². The summed E-state index contributed by atoms with van der Waals surface area (Å²) in [4.78, 5) is 11.4. The van der Waals surface area contributed by atoms with Crippen LogP contribution in [0.3, 0.4) is 0 Å². The fourth-order valence-electron chi connectivity index (χ4n) is 1.26. The second-order valence-electron chi connectivity index (χ2n) is 3.34. The maximum absolute atomic E-state index is 13.5. The van der Waals surface area contributed by atoms with E-state index < -0.39 is 11.6 Å². The van der Waals surface area contributed by atoms with Crippen LogP contribution in [0.2, 0.25) is 0 Å². The molecule has 0 aliphatic rings. The molecule has 0 saturated carbocycles. The summed E-state index contributed by atoms with van der Waals surface area (Å²) in [6.45, 7) is 0.241. The number of carbonyl (C=O) groups excluding carboxylic acids is 1. The highest BCUT2D eigenvalue weighted by Gasteiger charge is 2.15. The maximum Gasteiger partial charge on any atom is 0.151 e. The van der Waals surface area contributed by atoms with Gasteiger partial charge in [-0.05, 0) is 28.1 Å². The third-order valence-electron chi connectivity index (χ3n) is 2.06. The molecule has 2 nitrogen and oxygen atoms in total. The van der Waals surface area contributed by atoms with E-state index in [1.807, 2.05) is 0 Å². The van der Waals surface area contributed by atoms with Crippen LogP contribution in [0.15, 0.2) is 16.6 Å². The quantitative estimate of drug-likeness (QED) is 0.512. The highest BCUT2D eigenvalue weighted by atomic mass is 79.9. The van der Waals surface area contributed by atoms with E-state index in [1.165, 1.54) is 6.07 Å². The van der Waals surface area contributed by atoms with Crippen molar-refractivity contribution in [1.82, 2.24) is 5.32 Å². The van der Waals surface area contributed by atoms with Crippen LogP contribution in [-0.4, -0.2) is 18.9 Å². The lowest BCUT2D eigenvalue weighted by Crippen LogP contribution is -2.25. The molecular formula is C12H10BrF2NO. The first kappa shape index (κ1) is 13.8. The molecule has 0 heterocycles. The molecular weight excluding hydrogens is 292 g/mol. The second kappa shape index (κ2) is 6.48. The van der Waals surface area contributed by atoms with Crippen molar-refractivity contribution in [2.45, 2.75) is 6.42 Å². The van der Waals surface area contributed by atoms with E-state index in [1.54, 1.807) is 0 Å². The lowest BCUT2D eigenvalue weighted by Gasteiger charge is -2.06. The van der Waals surface area contributed by atoms with E-state index in [9.17, 15) is 13.6 Å². The zero-order chi connectivity index (χ0) is 12.8. The predicted molar refractivity (Wildman–Crippen MR) is 64.5 cm³/mol. The van der Waals surface area contributed by atoms with Crippen molar-refractivity contribution in [3.8, 4) is 12.3 Å². The fraction of sp³-hybridized carbons (Fsp3) is 0.250. The van der Waals surface area contributed by atoms with E-state index in [4.69, 9.17) is 6.42 Å². The number of Topliss-reactive ketones (excluding diaryl/α,β-unsaturated/α-hetero) is 1. The molecule has 17 heavy (non-hydrogen) atoms. The molecule has 0 bridgehead atoms. The van der Waals surface area contributed by atoms with E-state index >= 15 is 0 Å². The zero-order valence-electron chi connectivity index (χ0n) is 8.90. The molecule has 0 amide bonds. The van der Waals surface area contributed by atoms with Crippen molar-refractivity contribution in [2.75, 3.05) is 13.1 Å². The number of hydrogen-bond acceptors (Lipinski definition) is 2. The average Bonchev–Trinajstić information content (AvgIpc) is 2.30. The number of nitrogens with one attached hydrogen (secondary N) is 1. The topological polar surface area (TPSA) is 29.1 Å². The smallest absolute Gasteiger partial charge is 0.151 e. The summed E-state index contributed by atoms with van der Waals surface area (Å²) < 4.78 is 27.0. The van der Waals surface area contributed by atoms with Gasteiger partial charge in [-0.3, -0.25) is 10.1 Å². The number of rotatable bonds is 5. The standard InChI is InChI=1S/C12H10BrF2NO/c1-2-5-16-7-8(17)6-9-11(14)4-3-10(13)12(9)15/h1,3-4,16H,5-7H2. The first-order valence-electron chi connectivity index (χ1n) is 4.84. The molecule has 1 aromatic carbocycles. The Morgan fingerprint density at radius 1 is 1.47 bits per heavy atom. The summed E-state index contributed by atoms with van der Waals surface area (Å²) in [6, 6.07) is 2.37.